The van der Waals surface area contributed by atoms with Crippen LogP contribution in [0.3, 0.4) is 0 Å². The molecule has 3 aromatic heterocycles. The second-order valence-electron chi connectivity index (χ2n) is 5.84. The molecule has 138 valence electrons. The molecule has 0 unspecified atom stereocenters. The maximum Gasteiger partial charge on any atom is 0.230 e. The molecule has 26 heavy (non-hydrogen) atoms. The van der Waals surface area contributed by atoms with Crippen molar-refractivity contribution in [2.24, 2.45) is 0 Å². The van der Waals surface area contributed by atoms with E-state index in [1.165, 1.54) is 11.8 Å². The van der Waals surface area contributed by atoms with Crippen molar-refractivity contribution in [1.29, 1.82) is 0 Å². The zero-order valence-electron chi connectivity index (χ0n) is 14.4. The van der Waals surface area contributed by atoms with Gasteiger partial charge in [-0.15, -0.1) is 23.1 Å². The first-order chi connectivity index (χ1) is 12.5. The van der Waals surface area contributed by atoms with E-state index in [1.807, 2.05) is 42.0 Å². The summed E-state index contributed by atoms with van der Waals surface area (Å²) in [6, 6.07) is 6.06. The van der Waals surface area contributed by atoms with Crippen molar-refractivity contribution in [3.8, 4) is 10.6 Å². The van der Waals surface area contributed by atoms with Gasteiger partial charge in [0.2, 0.25) is 5.91 Å². The summed E-state index contributed by atoms with van der Waals surface area (Å²) in [5.74, 6) is 2.39. The summed E-state index contributed by atoms with van der Waals surface area (Å²) >= 11 is 8.29. The molecule has 0 aliphatic carbocycles. The Labute approximate surface area is 164 Å². The van der Waals surface area contributed by atoms with E-state index < -0.39 is 0 Å². The number of thioether (sulfide) groups is 1. The zero-order chi connectivity index (χ0) is 18.5. The highest BCUT2D eigenvalue weighted by Crippen LogP contribution is 2.26. The predicted molar refractivity (Wildman–Crippen MR) is 106 cm³/mol. The second kappa shape index (κ2) is 8.65. The molecule has 10 heteroatoms. The maximum atomic E-state index is 12.0. The molecular weight excluding hydrogens is 390 g/mol. The normalized spacial score (nSPS) is 11.2. The van der Waals surface area contributed by atoms with Crippen LogP contribution in [0, 0.1) is 4.77 Å². The van der Waals surface area contributed by atoms with Gasteiger partial charge in [0.05, 0.1) is 22.9 Å². The van der Waals surface area contributed by atoms with Crippen molar-refractivity contribution in [1.82, 2.24) is 25.2 Å². The lowest BCUT2D eigenvalue weighted by atomic mass is 10.3. The highest BCUT2D eigenvalue weighted by Gasteiger charge is 2.12. The van der Waals surface area contributed by atoms with Gasteiger partial charge in [0, 0.05) is 17.9 Å². The van der Waals surface area contributed by atoms with Gasteiger partial charge in [0.15, 0.2) is 16.4 Å². The van der Waals surface area contributed by atoms with E-state index >= 15 is 0 Å². The Bertz CT molecular complexity index is 911. The molecular formula is C16H19N5O2S3. The number of carbonyl (C=O) groups is 1. The molecule has 0 aliphatic heterocycles. The van der Waals surface area contributed by atoms with Crippen LogP contribution >= 0.6 is 35.3 Å². The van der Waals surface area contributed by atoms with Gasteiger partial charge in [-0.05, 0) is 37.5 Å². The lowest BCUT2D eigenvalue weighted by molar-refractivity contribution is -0.118. The van der Waals surface area contributed by atoms with Gasteiger partial charge in [0.1, 0.15) is 0 Å². The molecule has 2 N–H and O–H groups in total. The number of hydrogen-bond donors (Lipinski definition) is 2. The van der Waals surface area contributed by atoms with Crippen LogP contribution in [-0.4, -0.2) is 31.6 Å². The van der Waals surface area contributed by atoms with Crippen LogP contribution < -0.4 is 5.32 Å². The summed E-state index contributed by atoms with van der Waals surface area (Å²) < 4.78 is 7.79. The molecule has 0 aromatic carbocycles. The lowest BCUT2D eigenvalue weighted by Gasteiger charge is -2.10. The summed E-state index contributed by atoms with van der Waals surface area (Å²) in [5, 5.41) is 15.8. The number of nitrogens with one attached hydrogen (secondary N) is 2. The maximum absolute atomic E-state index is 12.0. The topological polar surface area (TPSA) is 88.7 Å². The third-order valence-electron chi connectivity index (χ3n) is 3.54. The number of aromatic amines is 1. The number of amides is 1. The Morgan fingerprint density at radius 3 is 3.12 bits per heavy atom. The highest BCUT2D eigenvalue weighted by atomic mass is 32.2. The average Bonchev–Trinajstić information content (AvgIpc) is 3.33. The van der Waals surface area contributed by atoms with Crippen LogP contribution in [0.2, 0.25) is 0 Å². The molecule has 3 heterocycles. The minimum atomic E-state index is -0.0544. The molecule has 0 spiro atoms. The SMILES string of the molecule is CC(C)n1c(CNC(=O)CSCc2cc(-c3cccs3)on2)n[nH]c1=S. The Morgan fingerprint density at radius 2 is 2.38 bits per heavy atom. The quantitative estimate of drug-likeness (QED) is 0.550. The van der Waals surface area contributed by atoms with Gasteiger partial charge >= 0.3 is 0 Å². The molecule has 0 saturated heterocycles. The summed E-state index contributed by atoms with van der Waals surface area (Å²) in [6.45, 7) is 4.39. The van der Waals surface area contributed by atoms with Crippen molar-refractivity contribution >= 4 is 41.2 Å². The third kappa shape index (κ3) is 4.63. The van der Waals surface area contributed by atoms with Crippen molar-refractivity contribution in [3.63, 3.8) is 0 Å². The van der Waals surface area contributed by atoms with E-state index in [-0.39, 0.29) is 11.9 Å². The molecule has 0 saturated carbocycles. The first kappa shape index (κ1) is 18.9. The molecule has 3 rings (SSSR count). The van der Waals surface area contributed by atoms with Crippen LogP contribution in [0.4, 0.5) is 0 Å². The van der Waals surface area contributed by atoms with E-state index in [0.717, 1.165) is 22.2 Å². The Balaban J connectivity index is 1.44. The molecule has 3 aromatic rings. The fourth-order valence-corrected chi connectivity index (χ4v) is 4.16. The minimum Gasteiger partial charge on any atom is -0.355 e. The van der Waals surface area contributed by atoms with Crippen molar-refractivity contribution < 1.29 is 9.32 Å². The fourth-order valence-electron chi connectivity index (χ4n) is 2.39. The van der Waals surface area contributed by atoms with Crippen LogP contribution in [0.1, 0.15) is 31.4 Å². The number of nitrogens with zero attached hydrogens (tertiary/aromatic N) is 3. The fraction of sp³-hybridized carbons (Fsp3) is 0.375. The van der Waals surface area contributed by atoms with Crippen molar-refractivity contribution in [3.05, 3.63) is 39.9 Å². The molecule has 1 amide bonds. The first-order valence-corrected chi connectivity index (χ1v) is 10.5. The lowest BCUT2D eigenvalue weighted by Crippen LogP contribution is -2.26. The second-order valence-corrected chi connectivity index (χ2v) is 8.16. The first-order valence-electron chi connectivity index (χ1n) is 8.04. The standard InChI is InChI=1S/C16H19N5O2S3/c1-10(2)21-14(18-19-16(21)24)7-17-15(22)9-25-8-11-6-12(23-20-11)13-4-3-5-26-13/h3-6,10H,7-9H2,1-2H3,(H,17,22)(H,19,24). The molecule has 0 bridgehead atoms. The number of thiophene rings is 1. The van der Waals surface area contributed by atoms with Crippen molar-refractivity contribution in [2.75, 3.05) is 5.75 Å². The number of aromatic nitrogens is 4. The van der Waals surface area contributed by atoms with Gasteiger partial charge in [-0.2, -0.15) is 5.10 Å². The van der Waals surface area contributed by atoms with Crippen LogP contribution in [0.5, 0.6) is 0 Å². The summed E-state index contributed by atoms with van der Waals surface area (Å²) in [7, 11) is 0. The average molecular weight is 410 g/mol. The van der Waals surface area contributed by atoms with Crippen LogP contribution in [-0.2, 0) is 17.1 Å². The summed E-state index contributed by atoms with van der Waals surface area (Å²) in [4.78, 5) is 13.1. The van der Waals surface area contributed by atoms with Gasteiger partial charge in [0.25, 0.3) is 0 Å². The van der Waals surface area contributed by atoms with E-state index in [0.29, 0.717) is 22.8 Å². The third-order valence-corrected chi connectivity index (χ3v) is 5.68. The predicted octanol–water partition coefficient (Wildman–Crippen LogP) is 3.79. The highest BCUT2D eigenvalue weighted by molar-refractivity contribution is 7.99. The number of H-pyrrole nitrogens is 1. The van der Waals surface area contributed by atoms with Crippen LogP contribution in [0.25, 0.3) is 10.6 Å². The largest absolute Gasteiger partial charge is 0.355 e. The van der Waals surface area contributed by atoms with Gasteiger partial charge < -0.3 is 14.4 Å². The number of rotatable bonds is 8. The Morgan fingerprint density at radius 1 is 1.54 bits per heavy atom. The van der Waals surface area contributed by atoms with Crippen LogP contribution in [0.15, 0.2) is 28.1 Å². The van der Waals surface area contributed by atoms with Gasteiger partial charge in [-0.25, -0.2) is 0 Å². The molecule has 0 fully saturated rings. The molecule has 0 aliphatic rings. The molecule has 0 radical (unpaired) electrons. The van der Waals surface area contributed by atoms with Gasteiger partial charge in [-0.3, -0.25) is 9.89 Å². The summed E-state index contributed by atoms with van der Waals surface area (Å²) in [6.07, 6.45) is 0. The van der Waals surface area contributed by atoms with Gasteiger partial charge in [-0.1, -0.05) is 11.2 Å². The van der Waals surface area contributed by atoms with E-state index in [1.54, 1.807) is 11.3 Å². The minimum absolute atomic E-state index is 0.0544. The smallest absolute Gasteiger partial charge is 0.230 e. The van der Waals surface area contributed by atoms with Crippen molar-refractivity contribution in [2.45, 2.75) is 32.2 Å². The van der Waals surface area contributed by atoms with E-state index in [9.17, 15) is 4.79 Å². The number of carbonyl (C=O) groups excluding carboxylic acids is 1. The Hall–Kier alpha value is -1.91. The summed E-state index contributed by atoms with van der Waals surface area (Å²) in [5.41, 5.74) is 0.826. The Kier molecular flexibility index (Phi) is 6.28. The zero-order valence-corrected chi connectivity index (χ0v) is 16.8. The molecule has 7 nitrogen and oxygen atoms in total. The van der Waals surface area contributed by atoms with E-state index in [2.05, 4.69) is 20.7 Å². The monoisotopic (exact) mass is 409 g/mol. The molecule has 0 atom stereocenters. The number of hydrogen-bond acceptors (Lipinski definition) is 7. The van der Waals surface area contributed by atoms with E-state index in [4.69, 9.17) is 16.7 Å².